The predicted octanol–water partition coefficient (Wildman–Crippen LogP) is 2.75. The summed E-state index contributed by atoms with van der Waals surface area (Å²) in [6.07, 6.45) is 6.23. The van der Waals surface area contributed by atoms with Gasteiger partial charge in [0.2, 0.25) is 0 Å². The molecule has 1 saturated heterocycles. The van der Waals surface area contributed by atoms with E-state index in [4.69, 9.17) is 25.6 Å². The Balaban J connectivity index is 1.37. The van der Waals surface area contributed by atoms with E-state index in [0.29, 0.717) is 30.3 Å². The zero-order chi connectivity index (χ0) is 24.1. The highest BCUT2D eigenvalue weighted by atomic mass is 16.5. The number of carbonyl (C=O) groups excluding carboxylic acids is 1. The smallest absolute Gasteiger partial charge is 0.251 e. The monoisotopic (exact) mass is 462 g/mol. The van der Waals surface area contributed by atoms with E-state index < -0.39 is 6.10 Å². The number of amides is 1. The standard InChI is InChI=1S/C25H30N6O3/c1-18(33-2)25(32)30-13-11-29(12-14-30)15-20-16-31-17-22(7-8-24(31)28-20)34-21-5-3-19(4-6-21)23(27)9-10-26/h3-10,16-18,26H,11-15,27H2,1-2H3/b23-9-,26-10?/t18-/m1/s1. The lowest BCUT2D eigenvalue weighted by molar-refractivity contribution is -0.142. The van der Waals surface area contributed by atoms with E-state index in [-0.39, 0.29) is 5.91 Å². The van der Waals surface area contributed by atoms with E-state index in [9.17, 15) is 4.79 Å². The van der Waals surface area contributed by atoms with Crippen LogP contribution in [0.25, 0.3) is 11.3 Å². The Kier molecular flexibility index (Phi) is 7.24. The van der Waals surface area contributed by atoms with Crippen molar-refractivity contribution in [3.05, 3.63) is 66.1 Å². The molecule has 0 spiro atoms. The Labute approximate surface area is 198 Å². The van der Waals surface area contributed by atoms with E-state index in [1.807, 2.05) is 58.1 Å². The highest BCUT2D eigenvalue weighted by Gasteiger charge is 2.25. The molecule has 34 heavy (non-hydrogen) atoms. The number of nitrogens with two attached hydrogens (primary N) is 1. The molecule has 2 aromatic heterocycles. The van der Waals surface area contributed by atoms with Gasteiger partial charge in [-0.3, -0.25) is 9.69 Å². The maximum Gasteiger partial charge on any atom is 0.251 e. The van der Waals surface area contributed by atoms with Gasteiger partial charge < -0.3 is 29.9 Å². The first-order valence-corrected chi connectivity index (χ1v) is 11.2. The molecule has 9 heteroatoms. The molecule has 3 aromatic rings. The first-order chi connectivity index (χ1) is 16.5. The summed E-state index contributed by atoms with van der Waals surface area (Å²) in [5.74, 6) is 1.44. The van der Waals surface area contributed by atoms with Crippen molar-refractivity contribution in [1.29, 1.82) is 5.41 Å². The number of ether oxygens (including phenoxy) is 2. The Morgan fingerprint density at radius 1 is 1.12 bits per heavy atom. The van der Waals surface area contributed by atoms with Gasteiger partial charge >= 0.3 is 0 Å². The van der Waals surface area contributed by atoms with E-state index in [0.717, 1.165) is 36.5 Å². The Morgan fingerprint density at radius 3 is 2.50 bits per heavy atom. The van der Waals surface area contributed by atoms with Gasteiger partial charge in [-0.25, -0.2) is 4.98 Å². The number of hydrogen-bond donors (Lipinski definition) is 2. The SMILES string of the molecule is CO[C@H](C)C(=O)N1CCN(Cc2cn3cc(Oc4ccc(/C(N)=C/C=N)cc4)ccc3n2)CC1. The summed E-state index contributed by atoms with van der Waals surface area (Å²) in [6, 6.07) is 11.2. The highest BCUT2D eigenvalue weighted by Crippen LogP contribution is 2.24. The molecule has 1 aliphatic rings. The van der Waals surface area contributed by atoms with E-state index >= 15 is 0 Å². The van der Waals surface area contributed by atoms with Crippen molar-refractivity contribution in [1.82, 2.24) is 19.2 Å². The lowest BCUT2D eigenvalue weighted by Gasteiger charge is -2.35. The van der Waals surface area contributed by atoms with E-state index in [2.05, 4.69) is 4.90 Å². The fourth-order valence-corrected chi connectivity index (χ4v) is 3.91. The van der Waals surface area contributed by atoms with Crippen molar-refractivity contribution in [2.24, 2.45) is 5.73 Å². The molecular weight excluding hydrogens is 432 g/mol. The molecule has 0 unspecified atom stereocenters. The molecule has 0 bridgehead atoms. The lowest BCUT2D eigenvalue weighted by Crippen LogP contribution is -2.50. The number of methoxy groups -OCH3 is 1. The third-order valence-electron chi connectivity index (χ3n) is 5.93. The summed E-state index contributed by atoms with van der Waals surface area (Å²) in [5.41, 5.74) is 9.11. The normalized spacial score (nSPS) is 15.9. The number of imidazole rings is 1. The Hall–Kier alpha value is -3.69. The van der Waals surface area contributed by atoms with Gasteiger partial charge in [0, 0.05) is 57.9 Å². The molecule has 4 rings (SSSR count). The van der Waals surface area contributed by atoms with E-state index in [1.165, 1.54) is 6.21 Å². The number of piperazine rings is 1. The molecule has 0 aliphatic carbocycles. The molecule has 1 aliphatic heterocycles. The number of allylic oxidation sites excluding steroid dienone is 1. The van der Waals surface area contributed by atoms with E-state index in [1.54, 1.807) is 20.1 Å². The van der Waals surface area contributed by atoms with Crippen LogP contribution in [0.2, 0.25) is 0 Å². The summed E-state index contributed by atoms with van der Waals surface area (Å²) in [6.45, 7) is 5.51. The van der Waals surface area contributed by atoms with Gasteiger partial charge in [0.05, 0.1) is 11.9 Å². The Bertz CT molecular complexity index is 1180. The van der Waals surface area contributed by atoms with Crippen LogP contribution in [-0.4, -0.2) is 70.7 Å². The number of aromatic nitrogens is 2. The number of hydrogen-bond acceptors (Lipinski definition) is 7. The fraction of sp³-hybridized carbons (Fsp3) is 0.320. The van der Waals surface area contributed by atoms with Crippen LogP contribution in [0.1, 0.15) is 18.2 Å². The average molecular weight is 463 g/mol. The molecule has 1 fully saturated rings. The maximum atomic E-state index is 12.3. The third-order valence-corrected chi connectivity index (χ3v) is 5.93. The highest BCUT2D eigenvalue weighted by molar-refractivity contribution is 5.81. The first-order valence-electron chi connectivity index (χ1n) is 11.2. The van der Waals surface area contributed by atoms with Crippen LogP contribution < -0.4 is 10.5 Å². The zero-order valence-corrected chi connectivity index (χ0v) is 19.5. The number of benzene rings is 1. The average Bonchev–Trinajstić information content (AvgIpc) is 3.25. The second-order valence-corrected chi connectivity index (χ2v) is 8.26. The summed E-state index contributed by atoms with van der Waals surface area (Å²) in [4.78, 5) is 21.2. The molecule has 3 heterocycles. The van der Waals surface area contributed by atoms with Gasteiger partial charge in [-0.2, -0.15) is 0 Å². The summed E-state index contributed by atoms with van der Waals surface area (Å²) >= 11 is 0. The quantitative estimate of drug-likeness (QED) is 0.498. The summed E-state index contributed by atoms with van der Waals surface area (Å²) < 4.78 is 13.1. The molecule has 3 N–H and O–H groups in total. The van der Waals surface area contributed by atoms with Crippen molar-refractivity contribution < 1.29 is 14.3 Å². The number of fused-ring (bicyclic) bond motifs is 1. The number of carbonyl (C=O) groups is 1. The van der Waals surface area contributed by atoms with Gasteiger partial charge in [0.25, 0.3) is 5.91 Å². The zero-order valence-electron chi connectivity index (χ0n) is 19.5. The molecule has 9 nitrogen and oxygen atoms in total. The molecule has 178 valence electrons. The lowest BCUT2D eigenvalue weighted by atomic mass is 10.1. The first kappa shape index (κ1) is 23.5. The molecule has 1 aromatic carbocycles. The van der Waals surface area contributed by atoms with Crippen LogP contribution in [0.4, 0.5) is 0 Å². The third kappa shape index (κ3) is 5.44. The van der Waals surface area contributed by atoms with Crippen molar-refractivity contribution in [2.45, 2.75) is 19.6 Å². The predicted molar refractivity (Wildman–Crippen MR) is 131 cm³/mol. The number of nitrogens with zero attached hydrogens (tertiary/aromatic N) is 4. The summed E-state index contributed by atoms with van der Waals surface area (Å²) in [5, 5.41) is 7.12. The second kappa shape index (κ2) is 10.5. The molecule has 0 saturated carbocycles. The minimum absolute atomic E-state index is 0.0448. The minimum atomic E-state index is -0.401. The fourth-order valence-electron chi connectivity index (χ4n) is 3.91. The summed E-state index contributed by atoms with van der Waals surface area (Å²) in [7, 11) is 1.56. The molecule has 1 atom stereocenters. The number of rotatable bonds is 8. The van der Waals surface area contributed by atoms with Crippen LogP contribution in [0.3, 0.4) is 0 Å². The van der Waals surface area contributed by atoms with Crippen LogP contribution in [-0.2, 0) is 16.1 Å². The van der Waals surface area contributed by atoms with Crippen molar-refractivity contribution in [2.75, 3.05) is 33.3 Å². The van der Waals surface area contributed by atoms with Crippen molar-refractivity contribution in [3.63, 3.8) is 0 Å². The largest absolute Gasteiger partial charge is 0.456 e. The Morgan fingerprint density at radius 2 is 1.82 bits per heavy atom. The molecular formula is C25H30N6O3. The van der Waals surface area contributed by atoms with Gasteiger partial charge in [-0.05, 0) is 55.0 Å². The number of pyridine rings is 1. The van der Waals surface area contributed by atoms with Crippen LogP contribution >= 0.6 is 0 Å². The van der Waals surface area contributed by atoms with Gasteiger partial charge in [0.1, 0.15) is 23.3 Å². The van der Waals surface area contributed by atoms with Gasteiger partial charge in [0.15, 0.2) is 0 Å². The van der Waals surface area contributed by atoms with Crippen molar-refractivity contribution >= 4 is 23.5 Å². The van der Waals surface area contributed by atoms with Crippen LogP contribution in [0, 0.1) is 5.41 Å². The van der Waals surface area contributed by atoms with Gasteiger partial charge in [-0.1, -0.05) is 0 Å². The topological polar surface area (TPSA) is 109 Å². The number of nitrogens with one attached hydrogen (secondary N) is 1. The van der Waals surface area contributed by atoms with Crippen molar-refractivity contribution in [3.8, 4) is 11.5 Å². The molecule has 1 amide bonds. The molecule has 0 radical (unpaired) electrons. The maximum absolute atomic E-state index is 12.3. The van der Waals surface area contributed by atoms with Crippen LogP contribution in [0.15, 0.2) is 54.9 Å². The minimum Gasteiger partial charge on any atom is -0.456 e. The van der Waals surface area contributed by atoms with Gasteiger partial charge in [-0.15, -0.1) is 0 Å². The second-order valence-electron chi connectivity index (χ2n) is 8.26. The van der Waals surface area contributed by atoms with Crippen LogP contribution in [0.5, 0.6) is 11.5 Å².